The van der Waals surface area contributed by atoms with Crippen molar-refractivity contribution >= 4 is 16.8 Å². The Morgan fingerprint density at radius 3 is 2.60 bits per heavy atom. The van der Waals surface area contributed by atoms with Crippen molar-refractivity contribution in [3.05, 3.63) is 71.9 Å². The largest absolute Gasteiger partial charge is 0.496 e. The molecule has 3 rings (SSSR count). The number of rotatable bonds is 6. The number of ether oxygens (including phenoxy) is 1. The van der Waals surface area contributed by atoms with Crippen molar-refractivity contribution in [2.45, 2.75) is 25.8 Å². The second-order valence-corrected chi connectivity index (χ2v) is 6.13. The molecule has 1 aromatic heterocycles. The van der Waals surface area contributed by atoms with Gasteiger partial charge in [0.2, 0.25) is 0 Å². The average molecular weight is 334 g/mol. The van der Waals surface area contributed by atoms with E-state index in [2.05, 4.69) is 22.4 Å². The highest BCUT2D eigenvalue weighted by atomic mass is 16.5. The van der Waals surface area contributed by atoms with Gasteiger partial charge in [-0.1, -0.05) is 42.5 Å². The monoisotopic (exact) mass is 334 g/mol. The van der Waals surface area contributed by atoms with Crippen molar-refractivity contribution in [1.29, 1.82) is 0 Å². The van der Waals surface area contributed by atoms with E-state index >= 15 is 0 Å². The quantitative estimate of drug-likeness (QED) is 0.741. The van der Waals surface area contributed by atoms with Crippen LogP contribution < -0.4 is 10.1 Å². The number of para-hydroxylation sites is 1. The van der Waals surface area contributed by atoms with Gasteiger partial charge in [0.1, 0.15) is 11.4 Å². The van der Waals surface area contributed by atoms with Crippen molar-refractivity contribution in [3.8, 4) is 5.75 Å². The van der Waals surface area contributed by atoms with E-state index in [1.165, 1.54) is 5.56 Å². The van der Waals surface area contributed by atoms with Gasteiger partial charge in [0, 0.05) is 17.5 Å². The van der Waals surface area contributed by atoms with Crippen LogP contribution in [0.1, 0.15) is 29.4 Å². The topological polar surface area (TPSA) is 51.2 Å². The fraction of sp³-hybridized carbons (Fsp3) is 0.238. The van der Waals surface area contributed by atoms with E-state index in [-0.39, 0.29) is 11.9 Å². The van der Waals surface area contributed by atoms with Crippen molar-refractivity contribution in [2.75, 3.05) is 7.11 Å². The number of benzene rings is 2. The number of aromatic nitrogens is 1. The highest BCUT2D eigenvalue weighted by Gasteiger charge is 2.14. The summed E-state index contributed by atoms with van der Waals surface area (Å²) in [6.45, 7) is 2.01. The summed E-state index contributed by atoms with van der Waals surface area (Å²) in [4.78, 5) is 17.0. The second kappa shape index (κ2) is 7.79. The fourth-order valence-corrected chi connectivity index (χ4v) is 2.83. The number of pyridine rings is 1. The number of carbonyl (C=O) groups is 1. The Kier molecular flexibility index (Phi) is 5.29. The molecule has 0 unspecified atom stereocenters. The number of carbonyl (C=O) groups excluding carboxylic acids is 1. The maximum atomic E-state index is 12.5. The number of amides is 1. The van der Waals surface area contributed by atoms with E-state index in [0.29, 0.717) is 11.4 Å². The first-order valence-electron chi connectivity index (χ1n) is 8.46. The van der Waals surface area contributed by atoms with Gasteiger partial charge in [-0.25, -0.2) is 4.98 Å². The Labute approximate surface area is 147 Å². The minimum atomic E-state index is -0.176. The molecule has 0 saturated heterocycles. The van der Waals surface area contributed by atoms with Crippen molar-refractivity contribution < 1.29 is 9.53 Å². The SMILES string of the molecule is COc1cc(C(=O)N[C@H](C)CCc2ccccc2)nc2ccccc12. The predicted octanol–water partition coefficient (Wildman–Crippen LogP) is 3.99. The maximum Gasteiger partial charge on any atom is 0.270 e. The van der Waals surface area contributed by atoms with Gasteiger partial charge >= 0.3 is 0 Å². The molecule has 25 heavy (non-hydrogen) atoms. The number of methoxy groups -OCH3 is 1. The molecule has 0 radical (unpaired) electrons. The third-order valence-corrected chi connectivity index (χ3v) is 4.22. The van der Waals surface area contributed by atoms with Gasteiger partial charge in [0.25, 0.3) is 5.91 Å². The number of hydrogen-bond acceptors (Lipinski definition) is 3. The molecule has 1 amide bonds. The van der Waals surface area contributed by atoms with Crippen LogP contribution in [0.5, 0.6) is 5.75 Å². The zero-order valence-electron chi connectivity index (χ0n) is 14.5. The van der Waals surface area contributed by atoms with Crippen molar-refractivity contribution in [2.24, 2.45) is 0 Å². The van der Waals surface area contributed by atoms with Crippen LogP contribution in [0.3, 0.4) is 0 Å². The van der Waals surface area contributed by atoms with Crippen LogP contribution in [0.15, 0.2) is 60.7 Å². The van der Waals surface area contributed by atoms with Gasteiger partial charge in [-0.2, -0.15) is 0 Å². The van der Waals surface area contributed by atoms with Crippen molar-refractivity contribution in [1.82, 2.24) is 10.3 Å². The summed E-state index contributed by atoms with van der Waals surface area (Å²) in [6, 6.07) is 19.7. The normalized spacial score (nSPS) is 11.9. The minimum absolute atomic E-state index is 0.0620. The van der Waals surface area contributed by atoms with Crippen LogP contribution >= 0.6 is 0 Å². The lowest BCUT2D eigenvalue weighted by molar-refractivity contribution is 0.0933. The molecule has 0 aliphatic carbocycles. The van der Waals surface area contributed by atoms with E-state index < -0.39 is 0 Å². The van der Waals surface area contributed by atoms with Crippen LogP contribution in [-0.2, 0) is 6.42 Å². The Hall–Kier alpha value is -2.88. The van der Waals surface area contributed by atoms with E-state index in [1.54, 1.807) is 13.2 Å². The zero-order valence-corrected chi connectivity index (χ0v) is 14.5. The number of hydrogen-bond donors (Lipinski definition) is 1. The summed E-state index contributed by atoms with van der Waals surface area (Å²) < 4.78 is 5.41. The smallest absolute Gasteiger partial charge is 0.270 e. The molecule has 0 aliphatic rings. The third kappa shape index (κ3) is 4.15. The zero-order chi connectivity index (χ0) is 17.6. The summed E-state index contributed by atoms with van der Waals surface area (Å²) in [7, 11) is 1.60. The molecule has 4 nitrogen and oxygen atoms in total. The molecule has 0 fully saturated rings. The molecule has 1 atom stereocenters. The van der Waals surface area contributed by atoms with E-state index in [9.17, 15) is 4.79 Å². The Morgan fingerprint density at radius 2 is 1.84 bits per heavy atom. The molecular weight excluding hydrogens is 312 g/mol. The molecule has 4 heteroatoms. The average Bonchev–Trinajstić information content (AvgIpc) is 2.66. The first kappa shape index (κ1) is 17.0. The Morgan fingerprint density at radius 1 is 1.12 bits per heavy atom. The van der Waals surface area contributed by atoms with Gasteiger partial charge in [-0.05, 0) is 37.5 Å². The highest BCUT2D eigenvalue weighted by Crippen LogP contribution is 2.25. The molecular formula is C21H22N2O2. The lowest BCUT2D eigenvalue weighted by atomic mass is 10.1. The van der Waals surface area contributed by atoms with Gasteiger partial charge in [-0.15, -0.1) is 0 Å². The van der Waals surface area contributed by atoms with E-state index in [0.717, 1.165) is 23.7 Å². The van der Waals surface area contributed by atoms with E-state index in [4.69, 9.17) is 4.74 Å². The molecule has 128 valence electrons. The van der Waals surface area contributed by atoms with E-state index in [1.807, 2.05) is 49.4 Å². The van der Waals surface area contributed by atoms with Gasteiger partial charge in [-0.3, -0.25) is 4.79 Å². The fourth-order valence-electron chi connectivity index (χ4n) is 2.83. The van der Waals surface area contributed by atoms with Crippen LogP contribution in [0, 0.1) is 0 Å². The summed E-state index contributed by atoms with van der Waals surface area (Å²) in [5.41, 5.74) is 2.40. The lowest BCUT2D eigenvalue weighted by Gasteiger charge is -2.14. The van der Waals surface area contributed by atoms with Crippen LogP contribution in [0.4, 0.5) is 0 Å². The number of aryl methyl sites for hydroxylation is 1. The summed E-state index contributed by atoms with van der Waals surface area (Å²) in [6.07, 6.45) is 1.80. The van der Waals surface area contributed by atoms with Crippen LogP contribution in [0.25, 0.3) is 10.9 Å². The molecule has 1 N–H and O–H groups in total. The molecule has 3 aromatic rings. The minimum Gasteiger partial charge on any atom is -0.496 e. The van der Waals surface area contributed by atoms with Crippen LogP contribution in [0.2, 0.25) is 0 Å². The molecule has 0 saturated carbocycles. The third-order valence-electron chi connectivity index (χ3n) is 4.22. The van der Waals surface area contributed by atoms with Gasteiger partial charge in [0.05, 0.1) is 12.6 Å². The Bertz CT molecular complexity index is 862. The standard InChI is InChI=1S/C21H22N2O2/c1-15(12-13-16-8-4-3-5-9-16)22-21(24)19-14-20(25-2)17-10-6-7-11-18(17)23-19/h3-11,14-15H,12-13H2,1-2H3,(H,22,24)/t15-/m1/s1. The Balaban J connectivity index is 1.69. The second-order valence-electron chi connectivity index (χ2n) is 6.13. The number of nitrogens with one attached hydrogen (secondary N) is 1. The summed E-state index contributed by atoms with van der Waals surface area (Å²) in [5.74, 6) is 0.484. The predicted molar refractivity (Wildman–Crippen MR) is 100.0 cm³/mol. The van der Waals surface area contributed by atoms with Crippen molar-refractivity contribution in [3.63, 3.8) is 0 Å². The molecule has 2 aromatic carbocycles. The molecule has 1 heterocycles. The lowest BCUT2D eigenvalue weighted by Crippen LogP contribution is -2.33. The summed E-state index contributed by atoms with van der Waals surface area (Å²) in [5, 5.41) is 3.93. The number of nitrogens with zero attached hydrogens (tertiary/aromatic N) is 1. The summed E-state index contributed by atoms with van der Waals surface area (Å²) >= 11 is 0. The van der Waals surface area contributed by atoms with Crippen LogP contribution in [-0.4, -0.2) is 24.0 Å². The first-order chi connectivity index (χ1) is 12.2. The highest BCUT2D eigenvalue weighted by molar-refractivity contribution is 5.97. The van der Waals surface area contributed by atoms with Gasteiger partial charge < -0.3 is 10.1 Å². The molecule has 0 spiro atoms. The maximum absolute atomic E-state index is 12.5. The first-order valence-corrected chi connectivity index (χ1v) is 8.46. The molecule has 0 bridgehead atoms. The van der Waals surface area contributed by atoms with Gasteiger partial charge in [0.15, 0.2) is 0 Å². The number of fused-ring (bicyclic) bond motifs is 1. The molecule has 0 aliphatic heterocycles.